The van der Waals surface area contributed by atoms with Crippen molar-refractivity contribution in [2.75, 3.05) is 0 Å². The molecule has 11 heteroatoms. The fourth-order valence-electron chi connectivity index (χ4n) is 3.12. The number of hydrogen-bond acceptors (Lipinski definition) is 3. The molecule has 3 rings (SSSR count). The standard InChI is InChI=1S/C16H13F6NO3S/c17-9-2-1-7(5-8(9)15(19)20)23-6-12(27(25,26)16(21)22)13-11(23)4-3-10(18)14(13)24/h1-2,5-6,10,14-16,24H,3-4H2/t10-,14+/m0/s1. The van der Waals surface area contributed by atoms with Gasteiger partial charge in [0.2, 0.25) is 9.84 Å². The van der Waals surface area contributed by atoms with Gasteiger partial charge in [-0.2, -0.15) is 8.78 Å². The maximum atomic E-state index is 13.9. The van der Waals surface area contributed by atoms with Crippen LogP contribution in [0.4, 0.5) is 26.3 Å². The summed E-state index contributed by atoms with van der Waals surface area (Å²) in [5.74, 6) is -5.02. The van der Waals surface area contributed by atoms with E-state index in [1.165, 1.54) is 0 Å². The number of nitrogens with zero attached hydrogens (tertiary/aromatic N) is 1. The molecule has 1 heterocycles. The summed E-state index contributed by atoms with van der Waals surface area (Å²) < 4.78 is 104. The monoisotopic (exact) mass is 413 g/mol. The number of aliphatic hydroxyl groups excluding tert-OH is 1. The van der Waals surface area contributed by atoms with Gasteiger partial charge in [-0.1, -0.05) is 0 Å². The molecular weight excluding hydrogens is 400 g/mol. The van der Waals surface area contributed by atoms with E-state index in [2.05, 4.69) is 0 Å². The topological polar surface area (TPSA) is 59.3 Å². The molecule has 0 amide bonds. The van der Waals surface area contributed by atoms with E-state index in [0.29, 0.717) is 0 Å². The molecule has 148 valence electrons. The van der Waals surface area contributed by atoms with Crippen LogP contribution in [0.1, 0.15) is 35.8 Å². The van der Waals surface area contributed by atoms with E-state index in [9.17, 15) is 39.9 Å². The summed E-state index contributed by atoms with van der Waals surface area (Å²) in [4.78, 5) is -0.981. The van der Waals surface area contributed by atoms with Gasteiger partial charge in [0.15, 0.2) is 0 Å². The molecule has 0 bridgehead atoms. The van der Waals surface area contributed by atoms with Crippen LogP contribution in [0, 0.1) is 5.82 Å². The second-order valence-corrected chi connectivity index (χ2v) is 7.92. The number of halogens is 6. The minimum Gasteiger partial charge on any atom is -0.385 e. The molecular formula is C16H13F6NO3S. The number of aromatic nitrogens is 1. The lowest BCUT2D eigenvalue weighted by Crippen LogP contribution is -2.24. The first-order valence-corrected chi connectivity index (χ1v) is 9.26. The van der Waals surface area contributed by atoms with Crippen LogP contribution in [0.15, 0.2) is 29.3 Å². The smallest absolute Gasteiger partial charge is 0.341 e. The zero-order valence-corrected chi connectivity index (χ0v) is 14.2. The highest BCUT2D eigenvalue weighted by Gasteiger charge is 2.40. The van der Waals surface area contributed by atoms with Crippen molar-refractivity contribution in [3.63, 3.8) is 0 Å². The maximum absolute atomic E-state index is 13.9. The third-order valence-electron chi connectivity index (χ3n) is 4.44. The Bertz CT molecular complexity index is 973. The largest absolute Gasteiger partial charge is 0.385 e. The molecule has 0 radical (unpaired) electrons. The average molecular weight is 413 g/mol. The van der Waals surface area contributed by atoms with Crippen molar-refractivity contribution in [3.05, 3.63) is 47.0 Å². The van der Waals surface area contributed by atoms with Crippen LogP contribution < -0.4 is 0 Å². The molecule has 1 N–H and O–H groups in total. The van der Waals surface area contributed by atoms with Crippen molar-refractivity contribution in [3.8, 4) is 5.69 Å². The lowest BCUT2D eigenvalue weighted by molar-refractivity contribution is 0.0616. The minimum absolute atomic E-state index is 0.0116. The Morgan fingerprint density at radius 2 is 1.85 bits per heavy atom. The molecule has 0 saturated heterocycles. The molecule has 2 aromatic rings. The van der Waals surface area contributed by atoms with Gasteiger partial charge in [0.25, 0.3) is 6.43 Å². The molecule has 1 aromatic heterocycles. The molecule has 0 fully saturated rings. The van der Waals surface area contributed by atoms with Crippen LogP contribution >= 0.6 is 0 Å². The van der Waals surface area contributed by atoms with Crippen LogP contribution in [0.3, 0.4) is 0 Å². The Morgan fingerprint density at radius 1 is 1.19 bits per heavy atom. The van der Waals surface area contributed by atoms with Crippen molar-refractivity contribution in [1.29, 1.82) is 0 Å². The fraction of sp³-hybridized carbons (Fsp3) is 0.375. The second-order valence-electron chi connectivity index (χ2n) is 6.04. The number of rotatable bonds is 4. The summed E-state index contributed by atoms with van der Waals surface area (Å²) in [5, 5.41) is 10.0. The van der Waals surface area contributed by atoms with Crippen LogP contribution in [0.5, 0.6) is 0 Å². The Morgan fingerprint density at radius 3 is 2.44 bits per heavy atom. The molecule has 1 aromatic carbocycles. The third-order valence-corrected chi connectivity index (χ3v) is 5.85. The highest BCUT2D eigenvalue weighted by atomic mass is 32.2. The van der Waals surface area contributed by atoms with E-state index < -0.39 is 56.1 Å². The molecule has 4 nitrogen and oxygen atoms in total. The summed E-state index contributed by atoms with van der Waals surface area (Å²) >= 11 is 0. The van der Waals surface area contributed by atoms with E-state index in [0.717, 1.165) is 29.0 Å². The predicted molar refractivity (Wildman–Crippen MR) is 82.1 cm³/mol. The van der Waals surface area contributed by atoms with Crippen LogP contribution in [0.2, 0.25) is 0 Å². The molecule has 0 spiro atoms. The highest BCUT2D eigenvalue weighted by Crippen LogP contribution is 2.40. The normalized spacial score (nSPS) is 20.3. The van der Waals surface area contributed by atoms with Gasteiger partial charge >= 0.3 is 5.76 Å². The van der Waals surface area contributed by atoms with Crippen molar-refractivity contribution < 1.29 is 39.9 Å². The first kappa shape index (κ1) is 19.7. The lowest BCUT2D eigenvalue weighted by atomic mass is 9.93. The Labute approximate surface area is 150 Å². The average Bonchev–Trinajstić information content (AvgIpc) is 2.99. The zero-order chi connectivity index (χ0) is 20.1. The van der Waals surface area contributed by atoms with Gasteiger partial charge in [0, 0.05) is 23.1 Å². The molecule has 1 aliphatic carbocycles. The maximum Gasteiger partial charge on any atom is 0.341 e. The van der Waals surface area contributed by atoms with Crippen LogP contribution in [-0.4, -0.2) is 30.0 Å². The number of alkyl halides is 5. The summed E-state index contributed by atoms with van der Waals surface area (Å²) in [7, 11) is -5.20. The molecule has 0 saturated carbocycles. The summed E-state index contributed by atoms with van der Waals surface area (Å²) in [6.07, 6.45) is -6.64. The number of aliphatic hydroxyl groups is 1. The molecule has 2 atom stereocenters. The molecule has 1 aliphatic rings. The minimum atomic E-state index is -5.20. The van der Waals surface area contributed by atoms with Crippen molar-refractivity contribution in [2.45, 2.75) is 42.2 Å². The van der Waals surface area contributed by atoms with Gasteiger partial charge in [-0.05, 0) is 31.0 Å². The SMILES string of the molecule is O=S(=O)(c1cn(-c2ccc(F)c(C(F)F)c2)c2c1[C@H](O)[C@@H](F)CC2)C(F)F. The van der Waals surface area contributed by atoms with E-state index in [1.807, 2.05) is 0 Å². The van der Waals surface area contributed by atoms with E-state index in [1.54, 1.807) is 0 Å². The van der Waals surface area contributed by atoms with E-state index in [-0.39, 0.29) is 24.2 Å². The van der Waals surface area contributed by atoms with Crippen molar-refractivity contribution >= 4 is 9.84 Å². The number of hydrogen-bond donors (Lipinski definition) is 1. The summed E-state index contributed by atoms with van der Waals surface area (Å²) in [6, 6.07) is 2.52. The highest BCUT2D eigenvalue weighted by molar-refractivity contribution is 7.91. The van der Waals surface area contributed by atoms with Gasteiger partial charge in [0.05, 0.1) is 10.5 Å². The summed E-state index contributed by atoms with van der Waals surface area (Å²) in [5.41, 5.74) is -1.63. The Hall–Kier alpha value is -2.01. The Balaban J connectivity index is 2.28. The number of benzene rings is 1. The molecule has 27 heavy (non-hydrogen) atoms. The summed E-state index contributed by atoms with van der Waals surface area (Å²) in [6.45, 7) is 0. The second kappa shape index (κ2) is 6.86. The quantitative estimate of drug-likeness (QED) is 0.775. The van der Waals surface area contributed by atoms with Crippen molar-refractivity contribution in [1.82, 2.24) is 4.57 Å². The van der Waals surface area contributed by atoms with E-state index >= 15 is 0 Å². The molecule has 0 aliphatic heterocycles. The van der Waals surface area contributed by atoms with E-state index in [4.69, 9.17) is 0 Å². The predicted octanol–water partition coefficient (Wildman–Crippen LogP) is 3.87. The lowest BCUT2D eigenvalue weighted by Gasteiger charge is -2.24. The van der Waals surface area contributed by atoms with Gasteiger partial charge in [-0.3, -0.25) is 0 Å². The van der Waals surface area contributed by atoms with Crippen molar-refractivity contribution in [2.24, 2.45) is 0 Å². The molecule has 0 unspecified atom stereocenters. The first-order chi connectivity index (χ1) is 12.6. The number of sulfone groups is 1. The van der Waals surface area contributed by atoms with Gasteiger partial charge < -0.3 is 9.67 Å². The zero-order valence-electron chi connectivity index (χ0n) is 13.4. The fourth-order valence-corrected chi connectivity index (χ4v) is 4.11. The van der Waals surface area contributed by atoms with Gasteiger partial charge in [0.1, 0.15) is 18.1 Å². The Kier molecular flexibility index (Phi) is 5.02. The van der Waals surface area contributed by atoms with Gasteiger partial charge in [-0.15, -0.1) is 0 Å². The number of fused-ring (bicyclic) bond motifs is 1. The third kappa shape index (κ3) is 3.22. The first-order valence-electron chi connectivity index (χ1n) is 7.72. The van der Waals surface area contributed by atoms with Crippen LogP contribution in [-0.2, 0) is 16.3 Å². The van der Waals surface area contributed by atoms with Gasteiger partial charge in [-0.25, -0.2) is 26.0 Å². The van der Waals surface area contributed by atoms with Crippen LogP contribution in [0.25, 0.3) is 5.69 Å².